The minimum absolute atomic E-state index is 0. The summed E-state index contributed by atoms with van der Waals surface area (Å²) in [5.41, 5.74) is 7.67. The summed E-state index contributed by atoms with van der Waals surface area (Å²) in [4.78, 5) is 24.8. The van der Waals surface area contributed by atoms with E-state index in [1.54, 1.807) is 36.4 Å². The van der Waals surface area contributed by atoms with E-state index in [1.807, 2.05) is 0 Å². The van der Waals surface area contributed by atoms with Crippen molar-refractivity contribution >= 4 is 62.7 Å². The van der Waals surface area contributed by atoms with E-state index in [-0.39, 0.29) is 41.1 Å². The predicted octanol–water partition coefficient (Wildman–Crippen LogP) is 2.43. The van der Waals surface area contributed by atoms with Gasteiger partial charge in [0.15, 0.2) is 11.6 Å². The second-order valence-electron chi connectivity index (χ2n) is 4.09. The number of rotatable bonds is 0. The van der Waals surface area contributed by atoms with Crippen LogP contribution in [0.4, 0.5) is 5.69 Å². The van der Waals surface area contributed by atoms with Gasteiger partial charge in [-0.25, -0.2) is 0 Å². The minimum Gasteiger partial charge on any atom is -0.398 e. The van der Waals surface area contributed by atoms with Gasteiger partial charge in [0.2, 0.25) is 0 Å². The first-order valence-electron chi connectivity index (χ1n) is 5.37. The topological polar surface area (TPSA) is 60.2 Å². The van der Waals surface area contributed by atoms with Crippen LogP contribution in [-0.2, 0) is 0 Å². The van der Waals surface area contributed by atoms with Gasteiger partial charge in [-0.05, 0) is 12.1 Å². The molecule has 0 fully saturated rings. The van der Waals surface area contributed by atoms with Gasteiger partial charge in [0.25, 0.3) is 0 Å². The van der Waals surface area contributed by atoms with Gasteiger partial charge in [-0.3, -0.25) is 9.59 Å². The van der Waals surface area contributed by atoms with Gasteiger partial charge in [-0.2, -0.15) is 0 Å². The molecule has 0 atom stereocenters. The van der Waals surface area contributed by atoms with Crippen LogP contribution in [0.15, 0.2) is 40.9 Å². The van der Waals surface area contributed by atoms with Gasteiger partial charge >= 0.3 is 0 Å². The van der Waals surface area contributed by atoms with Crippen LogP contribution in [0.25, 0.3) is 0 Å². The second-order valence-corrected chi connectivity index (χ2v) is 4.94. The molecular formula is C14H8BrNNaO2. The molecule has 1 aliphatic rings. The fraction of sp³-hybridized carbons (Fsp3) is 0. The fourth-order valence-corrected chi connectivity index (χ4v) is 2.72. The number of hydrogen-bond donors (Lipinski definition) is 1. The summed E-state index contributed by atoms with van der Waals surface area (Å²) in [6.07, 6.45) is 0. The molecule has 2 N–H and O–H groups in total. The Morgan fingerprint density at radius 2 is 1.37 bits per heavy atom. The van der Waals surface area contributed by atoms with E-state index in [9.17, 15) is 9.59 Å². The van der Waals surface area contributed by atoms with Crippen molar-refractivity contribution in [2.45, 2.75) is 0 Å². The van der Waals surface area contributed by atoms with E-state index in [0.717, 1.165) is 0 Å². The molecule has 0 heterocycles. The standard InChI is InChI=1S/C14H8BrNO2.Na/c15-9-5-6-10(16)12-11(9)13(17)7-3-1-2-4-8(7)14(12)18;/h1-6H,16H2;. The van der Waals surface area contributed by atoms with Crippen LogP contribution in [0.2, 0.25) is 0 Å². The molecule has 19 heavy (non-hydrogen) atoms. The Morgan fingerprint density at radius 3 is 1.95 bits per heavy atom. The first kappa shape index (κ1) is 14.5. The van der Waals surface area contributed by atoms with Crippen molar-refractivity contribution in [2.24, 2.45) is 0 Å². The molecule has 1 aliphatic carbocycles. The van der Waals surface area contributed by atoms with E-state index in [2.05, 4.69) is 15.9 Å². The van der Waals surface area contributed by atoms with Crippen LogP contribution in [0.1, 0.15) is 31.8 Å². The zero-order chi connectivity index (χ0) is 12.9. The van der Waals surface area contributed by atoms with E-state index in [4.69, 9.17) is 5.73 Å². The quantitative estimate of drug-likeness (QED) is 0.510. The number of carbonyl (C=O) groups excluding carboxylic acids is 2. The molecule has 0 amide bonds. The summed E-state index contributed by atoms with van der Waals surface area (Å²) in [5, 5.41) is 0. The molecule has 1 radical (unpaired) electrons. The number of benzene rings is 2. The van der Waals surface area contributed by atoms with Crippen molar-refractivity contribution in [1.29, 1.82) is 0 Å². The summed E-state index contributed by atoms with van der Waals surface area (Å²) in [5.74, 6) is -0.363. The maximum Gasteiger partial charge on any atom is 0.196 e. The Bertz CT molecular complexity index is 653. The molecule has 3 nitrogen and oxygen atoms in total. The Hall–Kier alpha value is -0.940. The Balaban J connectivity index is 0.00000133. The normalized spacial score (nSPS) is 12.5. The average Bonchev–Trinajstić information content (AvgIpc) is 2.38. The van der Waals surface area contributed by atoms with Gasteiger partial charge in [0.05, 0.1) is 5.56 Å². The molecule has 0 saturated heterocycles. The van der Waals surface area contributed by atoms with Gasteiger partial charge < -0.3 is 5.73 Å². The maximum atomic E-state index is 12.4. The number of nitrogens with two attached hydrogens (primary N) is 1. The fourth-order valence-electron chi connectivity index (χ4n) is 2.21. The zero-order valence-electron chi connectivity index (χ0n) is 10.2. The summed E-state index contributed by atoms with van der Waals surface area (Å²) in [6.45, 7) is 0. The second kappa shape index (κ2) is 5.21. The Kier molecular flexibility index (Phi) is 3.97. The van der Waals surface area contributed by atoms with Gasteiger partial charge in [-0.1, -0.05) is 40.2 Å². The zero-order valence-corrected chi connectivity index (χ0v) is 13.8. The van der Waals surface area contributed by atoms with Crippen molar-refractivity contribution in [3.8, 4) is 0 Å². The first-order valence-corrected chi connectivity index (χ1v) is 6.17. The van der Waals surface area contributed by atoms with E-state index < -0.39 is 0 Å². The smallest absolute Gasteiger partial charge is 0.196 e. The largest absolute Gasteiger partial charge is 0.398 e. The molecule has 0 bridgehead atoms. The average molecular weight is 325 g/mol. The number of nitrogen functional groups attached to an aromatic ring is 1. The molecule has 2 aromatic carbocycles. The molecule has 3 rings (SSSR count). The molecule has 0 spiro atoms. The van der Waals surface area contributed by atoms with Crippen LogP contribution in [0.5, 0.6) is 0 Å². The molecule has 0 aliphatic heterocycles. The van der Waals surface area contributed by atoms with Crippen molar-refractivity contribution in [1.82, 2.24) is 0 Å². The van der Waals surface area contributed by atoms with Gasteiger partial charge in [-0.15, -0.1) is 0 Å². The van der Waals surface area contributed by atoms with Crippen LogP contribution in [-0.4, -0.2) is 41.1 Å². The molecular weight excluding hydrogens is 317 g/mol. The predicted molar refractivity (Wildman–Crippen MR) is 77.6 cm³/mol. The third-order valence-electron chi connectivity index (χ3n) is 3.06. The summed E-state index contributed by atoms with van der Waals surface area (Å²) >= 11 is 3.31. The van der Waals surface area contributed by atoms with Crippen molar-refractivity contribution in [3.05, 3.63) is 63.1 Å². The summed E-state index contributed by atoms with van der Waals surface area (Å²) < 4.78 is 0.597. The Morgan fingerprint density at radius 1 is 0.842 bits per heavy atom. The first-order chi connectivity index (χ1) is 8.61. The van der Waals surface area contributed by atoms with Crippen molar-refractivity contribution in [2.75, 3.05) is 5.73 Å². The summed E-state index contributed by atoms with van der Waals surface area (Å²) in [7, 11) is 0. The Labute approximate surface area is 140 Å². The minimum atomic E-state index is -0.195. The summed E-state index contributed by atoms with van der Waals surface area (Å²) in [6, 6.07) is 10.1. The van der Waals surface area contributed by atoms with Gasteiger partial charge in [0.1, 0.15) is 0 Å². The van der Waals surface area contributed by atoms with Crippen LogP contribution in [0, 0.1) is 0 Å². The van der Waals surface area contributed by atoms with E-state index >= 15 is 0 Å². The molecule has 0 aromatic heterocycles. The van der Waals surface area contributed by atoms with Crippen LogP contribution in [0.3, 0.4) is 0 Å². The third-order valence-corrected chi connectivity index (χ3v) is 3.72. The monoisotopic (exact) mass is 324 g/mol. The van der Waals surface area contributed by atoms with Crippen molar-refractivity contribution < 1.29 is 9.59 Å². The SMILES string of the molecule is Nc1ccc(Br)c2c1C(=O)c1ccccc1C2=O.[Na]. The molecule has 0 unspecified atom stereocenters. The maximum absolute atomic E-state index is 12.4. The van der Waals surface area contributed by atoms with E-state index in [1.165, 1.54) is 0 Å². The number of carbonyl (C=O) groups is 2. The number of anilines is 1. The number of hydrogen-bond acceptors (Lipinski definition) is 3. The molecule has 89 valence electrons. The van der Waals surface area contributed by atoms with Crippen molar-refractivity contribution in [3.63, 3.8) is 0 Å². The van der Waals surface area contributed by atoms with Crippen LogP contribution < -0.4 is 5.73 Å². The molecule has 0 saturated carbocycles. The van der Waals surface area contributed by atoms with E-state index in [0.29, 0.717) is 32.4 Å². The van der Waals surface area contributed by atoms with Gasteiger partial charge in [0, 0.05) is 56.4 Å². The molecule has 5 heteroatoms. The number of ketones is 2. The number of fused-ring (bicyclic) bond motifs is 2. The molecule has 2 aromatic rings. The van der Waals surface area contributed by atoms with Crippen LogP contribution >= 0.6 is 15.9 Å². The third kappa shape index (κ3) is 2.09. The number of halogens is 1.